The van der Waals surface area contributed by atoms with E-state index in [4.69, 9.17) is 10.5 Å². The van der Waals surface area contributed by atoms with Crippen LogP contribution in [0, 0.1) is 5.92 Å². The summed E-state index contributed by atoms with van der Waals surface area (Å²) in [7, 11) is 0. The molecule has 2 bridgehead atoms. The average molecular weight is 306 g/mol. The minimum atomic E-state index is -0.571. The van der Waals surface area contributed by atoms with Crippen LogP contribution in [0.5, 0.6) is 0 Å². The van der Waals surface area contributed by atoms with Gasteiger partial charge in [0.05, 0.1) is 30.8 Å². The van der Waals surface area contributed by atoms with Crippen LogP contribution in [-0.2, 0) is 14.3 Å². The summed E-state index contributed by atoms with van der Waals surface area (Å²) in [6.07, 6.45) is 3.45. The smallest absolute Gasteiger partial charge is 0.239 e. The molecule has 0 aromatic carbocycles. The number of rotatable bonds is 5. The van der Waals surface area contributed by atoms with Gasteiger partial charge >= 0.3 is 0 Å². The van der Waals surface area contributed by atoms with E-state index in [1.54, 1.807) is 0 Å². The van der Waals surface area contributed by atoms with Crippen molar-refractivity contribution in [2.24, 2.45) is 11.7 Å². The van der Waals surface area contributed by atoms with Crippen LogP contribution in [0.15, 0.2) is 0 Å². The second-order valence-electron chi connectivity index (χ2n) is 5.77. The number of halogens is 1. The lowest BCUT2D eigenvalue weighted by Gasteiger charge is -2.20. The van der Waals surface area contributed by atoms with E-state index in [0.29, 0.717) is 6.10 Å². The van der Waals surface area contributed by atoms with Gasteiger partial charge in [-0.25, -0.2) is 0 Å². The number of hydrogen-bond donors (Lipinski definition) is 3. The van der Waals surface area contributed by atoms with Crippen molar-refractivity contribution >= 4 is 24.2 Å². The molecule has 2 fully saturated rings. The monoisotopic (exact) mass is 305 g/mol. The van der Waals surface area contributed by atoms with Gasteiger partial charge in [0, 0.05) is 0 Å². The van der Waals surface area contributed by atoms with Crippen molar-refractivity contribution in [1.82, 2.24) is 10.6 Å². The molecule has 6 nitrogen and oxygen atoms in total. The molecule has 4 N–H and O–H groups in total. The lowest BCUT2D eigenvalue weighted by Crippen LogP contribution is -2.49. The molecule has 3 unspecified atom stereocenters. The van der Waals surface area contributed by atoms with Crippen LogP contribution in [0.2, 0.25) is 0 Å². The Kier molecular flexibility index (Phi) is 6.23. The third kappa shape index (κ3) is 4.07. The molecule has 7 heteroatoms. The number of carbonyl (C=O) groups is 2. The number of hydrogen-bond acceptors (Lipinski definition) is 4. The van der Waals surface area contributed by atoms with Gasteiger partial charge in [-0.1, -0.05) is 13.8 Å². The van der Waals surface area contributed by atoms with Crippen molar-refractivity contribution in [3.8, 4) is 0 Å². The Hall–Kier alpha value is -0.850. The Labute approximate surface area is 125 Å². The minimum absolute atomic E-state index is 0. The van der Waals surface area contributed by atoms with Crippen molar-refractivity contribution in [3.63, 3.8) is 0 Å². The van der Waals surface area contributed by atoms with Crippen LogP contribution in [0.3, 0.4) is 0 Å². The van der Waals surface area contributed by atoms with Gasteiger partial charge in [-0.3, -0.25) is 9.59 Å². The molecule has 116 valence electrons. The third-order valence-corrected chi connectivity index (χ3v) is 3.90. The summed E-state index contributed by atoms with van der Waals surface area (Å²) in [6.45, 7) is 3.72. The molecule has 2 amide bonds. The van der Waals surface area contributed by atoms with Gasteiger partial charge in [-0.05, 0) is 25.2 Å². The number of carbonyl (C=O) groups excluding carboxylic acids is 2. The molecule has 20 heavy (non-hydrogen) atoms. The van der Waals surface area contributed by atoms with E-state index in [-0.39, 0.29) is 48.8 Å². The van der Waals surface area contributed by atoms with E-state index in [2.05, 4.69) is 10.6 Å². The molecule has 0 spiro atoms. The Morgan fingerprint density at radius 3 is 2.55 bits per heavy atom. The predicted octanol–water partition coefficient (Wildman–Crippen LogP) is -0.0562. The first kappa shape index (κ1) is 17.2. The van der Waals surface area contributed by atoms with E-state index in [0.717, 1.165) is 19.3 Å². The highest BCUT2D eigenvalue weighted by atomic mass is 35.5. The van der Waals surface area contributed by atoms with Crippen LogP contribution in [-0.4, -0.2) is 42.7 Å². The zero-order chi connectivity index (χ0) is 14.0. The second kappa shape index (κ2) is 7.24. The maximum Gasteiger partial charge on any atom is 0.239 e. The van der Waals surface area contributed by atoms with Crippen molar-refractivity contribution in [1.29, 1.82) is 0 Å². The minimum Gasteiger partial charge on any atom is -0.373 e. The fraction of sp³-hybridized carbons (Fsp3) is 0.846. The highest BCUT2D eigenvalue weighted by Crippen LogP contribution is 2.34. The van der Waals surface area contributed by atoms with Crippen LogP contribution in [0.1, 0.15) is 33.1 Å². The quantitative estimate of drug-likeness (QED) is 0.663. The van der Waals surface area contributed by atoms with E-state index in [1.165, 1.54) is 0 Å². The molecule has 0 radical (unpaired) electrons. The number of nitrogens with one attached hydrogen (secondary N) is 2. The molecule has 2 heterocycles. The van der Waals surface area contributed by atoms with Gasteiger partial charge in [0.15, 0.2) is 0 Å². The lowest BCUT2D eigenvalue weighted by molar-refractivity contribution is -0.127. The van der Waals surface area contributed by atoms with E-state index in [1.807, 2.05) is 13.8 Å². The number of fused-ring (bicyclic) bond motifs is 2. The summed E-state index contributed by atoms with van der Waals surface area (Å²) in [5.41, 5.74) is 5.70. The normalized spacial score (nSPS) is 28.9. The largest absolute Gasteiger partial charge is 0.373 e. The Bertz CT molecular complexity index is 365. The fourth-order valence-corrected chi connectivity index (χ4v) is 2.64. The van der Waals surface area contributed by atoms with E-state index in [9.17, 15) is 9.59 Å². The SMILES string of the molecule is CC(C)[C@H](N)C(=O)NCC(=O)NC1CC2CCC1O2.Cl. The Morgan fingerprint density at radius 1 is 1.35 bits per heavy atom. The summed E-state index contributed by atoms with van der Waals surface area (Å²) < 4.78 is 5.66. The molecule has 2 aliphatic heterocycles. The number of nitrogens with two attached hydrogens (primary N) is 1. The molecule has 0 aromatic rings. The third-order valence-electron chi connectivity index (χ3n) is 3.90. The average Bonchev–Trinajstić information content (AvgIpc) is 2.97. The number of amides is 2. The first-order chi connectivity index (χ1) is 8.97. The first-order valence-electron chi connectivity index (χ1n) is 6.95. The van der Waals surface area contributed by atoms with Crippen molar-refractivity contribution < 1.29 is 14.3 Å². The molecule has 0 saturated carbocycles. The summed E-state index contributed by atoms with van der Waals surface area (Å²) in [6, 6.07) is -0.472. The van der Waals surface area contributed by atoms with E-state index >= 15 is 0 Å². The second-order valence-corrected chi connectivity index (χ2v) is 5.77. The molecule has 0 aliphatic carbocycles. The van der Waals surface area contributed by atoms with Gasteiger partial charge < -0.3 is 21.1 Å². The Balaban J connectivity index is 0.00000200. The topological polar surface area (TPSA) is 93.5 Å². The van der Waals surface area contributed by atoms with Crippen molar-refractivity contribution in [2.75, 3.05) is 6.54 Å². The summed E-state index contributed by atoms with van der Waals surface area (Å²) in [5.74, 6) is -0.401. The zero-order valence-electron chi connectivity index (χ0n) is 11.9. The van der Waals surface area contributed by atoms with Crippen molar-refractivity contribution in [3.05, 3.63) is 0 Å². The molecule has 2 aliphatic rings. The van der Waals surface area contributed by atoms with Gasteiger partial charge in [0.1, 0.15) is 0 Å². The number of ether oxygens (including phenoxy) is 1. The van der Waals surface area contributed by atoms with Crippen LogP contribution in [0.4, 0.5) is 0 Å². The van der Waals surface area contributed by atoms with Gasteiger partial charge in [-0.2, -0.15) is 0 Å². The highest BCUT2D eigenvalue weighted by molar-refractivity contribution is 5.87. The van der Waals surface area contributed by atoms with Crippen molar-refractivity contribution in [2.45, 2.75) is 57.4 Å². The maximum atomic E-state index is 11.8. The van der Waals surface area contributed by atoms with E-state index < -0.39 is 6.04 Å². The zero-order valence-corrected chi connectivity index (χ0v) is 12.7. The predicted molar refractivity (Wildman–Crippen MR) is 77.5 cm³/mol. The van der Waals surface area contributed by atoms with Crippen LogP contribution in [0.25, 0.3) is 0 Å². The molecular weight excluding hydrogens is 282 g/mol. The molecule has 2 saturated heterocycles. The standard InChI is InChI=1S/C13H23N3O3.ClH/c1-7(2)12(14)13(18)15-6-11(17)16-9-5-8-3-4-10(9)19-8;/h7-10,12H,3-6,14H2,1-2H3,(H,15,18)(H,16,17);1H/t8?,9?,10?,12-;/m0./s1. The lowest BCUT2D eigenvalue weighted by atomic mass is 9.95. The summed E-state index contributed by atoms with van der Waals surface area (Å²) in [4.78, 5) is 23.4. The summed E-state index contributed by atoms with van der Waals surface area (Å²) >= 11 is 0. The van der Waals surface area contributed by atoms with Gasteiger partial charge in [-0.15, -0.1) is 12.4 Å². The van der Waals surface area contributed by atoms with Gasteiger partial charge in [0.2, 0.25) is 11.8 Å². The molecule has 4 atom stereocenters. The van der Waals surface area contributed by atoms with Gasteiger partial charge in [0.25, 0.3) is 0 Å². The maximum absolute atomic E-state index is 11.8. The summed E-state index contributed by atoms with van der Waals surface area (Å²) in [5, 5.41) is 5.48. The molecular formula is C13H24ClN3O3. The molecule has 0 aromatic heterocycles. The fourth-order valence-electron chi connectivity index (χ4n) is 2.64. The highest BCUT2D eigenvalue weighted by Gasteiger charge is 2.41. The molecule has 2 rings (SSSR count). The van der Waals surface area contributed by atoms with Crippen LogP contribution >= 0.6 is 12.4 Å². The first-order valence-corrected chi connectivity index (χ1v) is 6.95. The van der Waals surface area contributed by atoms with Crippen LogP contribution < -0.4 is 16.4 Å². The Morgan fingerprint density at radius 2 is 2.05 bits per heavy atom.